The molecule has 0 unspecified atom stereocenters. The predicted molar refractivity (Wildman–Crippen MR) is 94.6 cm³/mol. The van der Waals surface area contributed by atoms with Crippen molar-refractivity contribution < 1.29 is 4.74 Å². The maximum absolute atomic E-state index is 5.58. The molecule has 1 aromatic heterocycles. The quantitative estimate of drug-likeness (QED) is 0.531. The third kappa shape index (κ3) is 2.08. The largest absolute Gasteiger partial charge is 0.496 e. The van der Waals surface area contributed by atoms with Gasteiger partial charge in [-0.25, -0.2) is 4.68 Å². The minimum atomic E-state index is 0.889. The zero-order chi connectivity index (χ0) is 16.0. The number of fused-ring (bicyclic) bond motifs is 3. The van der Waals surface area contributed by atoms with E-state index in [1.807, 2.05) is 17.7 Å². The van der Waals surface area contributed by atoms with E-state index in [0.29, 0.717) is 0 Å². The molecule has 0 saturated heterocycles. The number of hydrogen-bond acceptors (Lipinski definition) is 2. The second-order valence-corrected chi connectivity index (χ2v) is 5.85. The summed E-state index contributed by atoms with van der Waals surface area (Å²) in [6.07, 6.45) is 0. The van der Waals surface area contributed by atoms with Crippen molar-refractivity contribution in [3.05, 3.63) is 65.9 Å². The predicted octanol–water partition coefficient (Wildman–Crippen LogP) is 4.80. The maximum Gasteiger partial charge on any atom is 0.127 e. The molecular weight excluding hydrogens is 284 g/mol. The number of methoxy groups -OCH3 is 1. The summed E-state index contributed by atoms with van der Waals surface area (Å²) in [5.74, 6) is 0.889. The van der Waals surface area contributed by atoms with E-state index >= 15 is 0 Å². The van der Waals surface area contributed by atoms with Crippen molar-refractivity contribution in [3.8, 4) is 11.4 Å². The summed E-state index contributed by atoms with van der Waals surface area (Å²) in [5.41, 5.74) is 4.45. The monoisotopic (exact) mass is 302 g/mol. The number of aryl methyl sites for hydroxylation is 2. The van der Waals surface area contributed by atoms with Gasteiger partial charge in [0.1, 0.15) is 5.75 Å². The van der Waals surface area contributed by atoms with Gasteiger partial charge in [-0.2, -0.15) is 5.10 Å². The fraction of sp³-hybridized carbons (Fsp3) is 0.150. The molecule has 0 N–H and O–H groups in total. The molecule has 0 aliphatic heterocycles. The Labute approximate surface area is 135 Å². The molecule has 0 radical (unpaired) electrons. The van der Waals surface area contributed by atoms with E-state index in [-0.39, 0.29) is 0 Å². The molecule has 0 spiro atoms. The summed E-state index contributed by atoms with van der Waals surface area (Å²) in [4.78, 5) is 0. The highest BCUT2D eigenvalue weighted by Gasteiger charge is 2.15. The van der Waals surface area contributed by atoms with Crippen LogP contribution in [-0.2, 0) is 0 Å². The van der Waals surface area contributed by atoms with Crippen LogP contribution in [0.15, 0.2) is 54.6 Å². The van der Waals surface area contributed by atoms with Crippen molar-refractivity contribution in [3.63, 3.8) is 0 Å². The van der Waals surface area contributed by atoms with Gasteiger partial charge in [0.2, 0.25) is 0 Å². The van der Waals surface area contributed by atoms with Crippen molar-refractivity contribution in [1.82, 2.24) is 9.78 Å². The highest BCUT2D eigenvalue weighted by molar-refractivity contribution is 6.09. The smallest absolute Gasteiger partial charge is 0.127 e. The molecule has 114 valence electrons. The lowest BCUT2D eigenvalue weighted by Crippen LogP contribution is -1.97. The third-order valence-corrected chi connectivity index (χ3v) is 4.33. The normalized spacial score (nSPS) is 11.3. The first kappa shape index (κ1) is 13.8. The highest BCUT2D eigenvalue weighted by atomic mass is 16.5. The zero-order valence-electron chi connectivity index (χ0n) is 13.5. The molecule has 0 aliphatic rings. The summed E-state index contributed by atoms with van der Waals surface area (Å²) >= 11 is 0. The molecule has 0 saturated carbocycles. The molecule has 3 heteroatoms. The maximum atomic E-state index is 5.58. The van der Waals surface area contributed by atoms with Gasteiger partial charge in [0.15, 0.2) is 0 Å². The zero-order valence-corrected chi connectivity index (χ0v) is 13.5. The molecule has 3 aromatic carbocycles. The molecule has 1 heterocycles. The van der Waals surface area contributed by atoms with Gasteiger partial charge in [0.25, 0.3) is 0 Å². The van der Waals surface area contributed by atoms with Crippen molar-refractivity contribution in [2.75, 3.05) is 7.11 Å². The average Bonchev–Trinajstić information content (AvgIpc) is 2.92. The molecule has 4 rings (SSSR count). The van der Waals surface area contributed by atoms with Crippen LogP contribution in [0.2, 0.25) is 0 Å². The van der Waals surface area contributed by atoms with Crippen LogP contribution in [0.25, 0.3) is 27.4 Å². The van der Waals surface area contributed by atoms with Crippen molar-refractivity contribution in [2.24, 2.45) is 0 Å². The van der Waals surface area contributed by atoms with E-state index in [9.17, 15) is 0 Å². The van der Waals surface area contributed by atoms with Crippen LogP contribution in [0.4, 0.5) is 0 Å². The number of aromatic nitrogens is 2. The first-order valence-electron chi connectivity index (χ1n) is 7.71. The fourth-order valence-electron chi connectivity index (χ4n) is 3.13. The number of benzene rings is 3. The van der Waals surface area contributed by atoms with Gasteiger partial charge in [-0.1, -0.05) is 42.0 Å². The molecule has 0 aliphatic carbocycles. The molecule has 4 aromatic rings. The van der Waals surface area contributed by atoms with Crippen molar-refractivity contribution in [1.29, 1.82) is 0 Å². The Kier molecular flexibility index (Phi) is 3.08. The average molecular weight is 302 g/mol. The third-order valence-electron chi connectivity index (χ3n) is 4.33. The summed E-state index contributed by atoms with van der Waals surface area (Å²) < 4.78 is 7.62. The second-order valence-electron chi connectivity index (χ2n) is 5.85. The van der Waals surface area contributed by atoms with Crippen molar-refractivity contribution in [2.45, 2.75) is 13.8 Å². The van der Waals surface area contributed by atoms with Crippen LogP contribution in [0, 0.1) is 13.8 Å². The Morgan fingerprint density at radius 3 is 2.26 bits per heavy atom. The molecule has 0 atom stereocenters. The van der Waals surface area contributed by atoms with Crippen LogP contribution >= 0.6 is 0 Å². The molecule has 23 heavy (non-hydrogen) atoms. The topological polar surface area (TPSA) is 27.1 Å². The molecular formula is C20H18N2O. The summed E-state index contributed by atoms with van der Waals surface area (Å²) in [6.45, 7) is 4.14. The molecule has 3 nitrogen and oxygen atoms in total. The Hall–Kier alpha value is -2.81. The van der Waals surface area contributed by atoms with Gasteiger partial charge in [-0.3, -0.25) is 0 Å². The molecule has 0 bridgehead atoms. The van der Waals surface area contributed by atoms with Gasteiger partial charge in [-0.15, -0.1) is 0 Å². The Morgan fingerprint density at radius 1 is 0.870 bits per heavy atom. The Morgan fingerprint density at radius 2 is 1.57 bits per heavy atom. The Balaban J connectivity index is 2.14. The van der Waals surface area contributed by atoms with E-state index in [2.05, 4.69) is 55.5 Å². The van der Waals surface area contributed by atoms with Gasteiger partial charge in [0, 0.05) is 16.2 Å². The van der Waals surface area contributed by atoms with Crippen LogP contribution < -0.4 is 4.74 Å². The van der Waals surface area contributed by atoms with Gasteiger partial charge in [0.05, 0.1) is 24.0 Å². The first-order valence-corrected chi connectivity index (χ1v) is 7.71. The lowest BCUT2D eigenvalue weighted by Gasteiger charge is -2.10. The van der Waals surface area contributed by atoms with Gasteiger partial charge >= 0.3 is 0 Å². The molecule has 0 fully saturated rings. The van der Waals surface area contributed by atoms with Crippen molar-refractivity contribution >= 4 is 21.7 Å². The summed E-state index contributed by atoms with van der Waals surface area (Å²) in [6, 6.07) is 18.9. The molecule has 0 amide bonds. The number of hydrogen-bond donors (Lipinski definition) is 0. The van der Waals surface area contributed by atoms with Crippen LogP contribution in [0.1, 0.15) is 11.3 Å². The number of nitrogens with zero attached hydrogens (tertiary/aromatic N) is 2. The van der Waals surface area contributed by atoms with Crippen LogP contribution in [0.5, 0.6) is 5.75 Å². The minimum absolute atomic E-state index is 0.889. The summed E-state index contributed by atoms with van der Waals surface area (Å²) in [5, 5.41) is 8.17. The highest BCUT2D eigenvalue weighted by Crippen LogP contribution is 2.35. The minimum Gasteiger partial charge on any atom is -0.496 e. The fourth-order valence-corrected chi connectivity index (χ4v) is 3.13. The van der Waals surface area contributed by atoms with Crippen LogP contribution in [-0.4, -0.2) is 16.9 Å². The lowest BCUT2D eigenvalue weighted by atomic mass is 10.0. The van der Waals surface area contributed by atoms with E-state index in [0.717, 1.165) is 38.8 Å². The first-order chi connectivity index (χ1) is 11.2. The van der Waals surface area contributed by atoms with E-state index in [1.165, 1.54) is 5.56 Å². The van der Waals surface area contributed by atoms with E-state index < -0.39 is 0 Å². The number of rotatable bonds is 2. The number of ether oxygens (including phenoxy) is 1. The standard InChI is InChI=1S/C20H18N2O/c1-13-8-10-15(11-9-13)22-20-17-7-5-4-6-16(17)19(23-3)12-18(20)14(2)21-22/h4-12H,1-3H3. The SMILES string of the molecule is COc1cc2c(C)nn(-c3ccc(C)cc3)c2c2ccccc12. The summed E-state index contributed by atoms with van der Waals surface area (Å²) in [7, 11) is 1.72. The Bertz CT molecular complexity index is 1010. The van der Waals surface area contributed by atoms with E-state index in [4.69, 9.17) is 9.84 Å². The lowest BCUT2D eigenvalue weighted by molar-refractivity contribution is 0.420. The van der Waals surface area contributed by atoms with Crippen LogP contribution in [0.3, 0.4) is 0 Å². The van der Waals surface area contributed by atoms with E-state index in [1.54, 1.807) is 7.11 Å². The second kappa shape index (κ2) is 5.13. The van der Waals surface area contributed by atoms with Gasteiger partial charge < -0.3 is 4.74 Å². The van der Waals surface area contributed by atoms with Gasteiger partial charge in [-0.05, 0) is 32.0 Å².